The molecule has 2 unspecified atom stereocenters. The topological polar surface area (TPSA) is 102 Å². The lowest BCUT2D eigenvalue weighted by atomic mass is 9.86. The number of benzene rings is 1. The van der Waals surface area contributed by atoms with Gasteiger partial charge in [-0.15, -0.1) is 0 Å². The second kappa shape index (κ2) is 7.89. The molecule has 1 saturated carbocycles. The van der Waals surface area contributed by atoms with Gasteiger partial charge in [-0.2, -0.15) is 4.31 Å². The zero-order valence-electron chi connectivity index (χ0n) is 14.9. The molecule has 8 nitrogen and oxygen atoms in total. The first kappa shape index (κ1) is 19.1. The molecule has 0 bridgehead atoms. The van der Waals surface area contributed by atoms with E-state index in [0.29, 0.717) is 24.8 Å². The minimum absolute atomic E-state index is 0.0478. The number of hydrogen-bond acceptors (Lipinski definition) is 6. The van der Waals surface area contributed by atoms with Crippen LogP contribution in [0.4, 0.5) is 11.4 Å². The molecule has 9 heteroatoms. The number of nitrogens with zero attached hydrogens (tertiary/aromatic N) is 2. The highest BCUT2D eigenvalue weighted by Gasteiger charge is 2.30. The van der Waals surface area contributed by atoms with Crippen molar-refractivity contribution in [3.05, 3.63) is 28.3 Å². The smallest absolute Gasteiger partial charge is 0.293 e. The van der Waals surface area contributed by atoms with Crippen molar-refractivity contribution in [3.8, 4) is 0 Å². The Morgan fingerprint density at radius 3 is 2.58 bits per heavy atom. The molecule has 3 rings (SSSR count). The number of rotatable bonds is 5. The molecule has 0 aromatic heterocycles. The molecule has 1 aromatic rings. The van der Waals surface area contributed by atoms with E-state index in [1.807, 2.05) is 0 Å². The molecule has 26 heavy (non-hydrogen) atoms. The zero-order chi connectivity index (χ0) is 18.7. The van der Waals surface area contributed by atoms with Crippen molar-refractivity contribution in [3.63, 3.8) is 0 Å². The molecule has 1 aromatic carbocycles. The van der Waals surface area contributed by atoms with Crippen molar-refractivity contribution < 1.29 is 18.1 Å². The SMILES string of the molecule is CC1CCCCC1Nc1ccc(S(=O)(=O)N2CCOCC2)cc1[N+](=O)[O-]. The van der Waals surface area contributed by atoms with E-state index in [2.05, 4.69) is 12.2 Å². The van der Waals surface area contributed by atoms with Crippen LogP contribution >= 0.6 is 0 Å². The lowest BCUT2D eigenvalue weighted by Crippen LogP contribution is -2.40. The highest BCUT2D eigenvalue weighted by Crippen LogP contribution is 2.33. The number of nitrogens with one attached hydrogen (secondary N) is 1. The van der Waals surface area contributed by atoms with Gasteiger partial charge >= 0.3 is 0 Å². The Hall–Kier alpha value is -1.71. The highest BCUT2D eigenvalue weighted by molar-refractivity contribution is 7.89. The predicted molar refractivity (Wildman–Crippen MR) is 97.7 cm³/mol. The average Bonchev–Trinajstić information content (AvgIpc) is 2.64. The molecular weight excluding hydrogens is 358 g/mol. The number of nitro benzene ring substituents is 1. The van der Waals surface area contributed by atoms with E-state index in [9.17, 15) is 18.5 Å². The summed E-state index contributed by atoms with van der Waals surface area (Å²) in [6.07, 6.45) is 4.33. The molecule has 0 amide bonds. The van der Waals surface area contributed by atoms with Crippen LogP contribution < -0.4 is 5.32 Å². The maximum atomic E-state index is 12.7. The number of sulfonamides is 1. The standard InChI is InChI=1S/C17H25N3O5S/c1-13-4-2-3-5-15(13)18-16-7-6-14(12-17(16)20(21)22)26(23,24)19-8-10-25-11-9-19/h6-7,12-13,15,18H,2-5,8-11H2,1H3. The van der Waals surface area contributed by atoms with Gasteiger partial charge in [-0.3, -0.25) is 10.1 Å². The fourth-order valence-corrected chi connectivity index (χ4v) is 5.04. The number of hydrogen-bond donors (Lipinski definition) is 1. The molecule has 1 heterocycles. The molecule has 2 fully saturated rings. The van der Waals surface area contributed by atoms with Crippen molar-refractivity contribution in [1.29, 1.82) is 0 Å². The third-order valence-corrected chi connectivity index (χ3v) is 7.12. The van der Waals surface area contributed by atoms with E-state index in [-0.39, 0.29) is 29.7 Å². The van der Waals surface area contributed by atoms with Gasteiger partial charge in [0, 0.05) is 25.2 Å². The van der Waals surface area contributed by atoms with E-state index in [0.717, 1.165) is 19.3 Å². The Labute approximate surface area is 153 Å². The number of ether oxygens (including phenoxy) is 1. The van der Waals surface area contributed by atoms with Crippen LogP contribution in [-0.4, -0.2) is 50.0 Å². The Balaban J connectivity index is 1.88. The summed E-state index contributed by atoms with van der Waals surface area (Å²) in [6.45, 7) is 3.33. The Morgan fingerprint density at radius 2 is 1.92 bits per heavy atom. The van der Waals surface area contributed by atoms with Gasteiger partial charge in [0.2, 0.25) is 10.0 Å². The zero-order valence-corrected chi connectivity index (χ0v) is 15.7. The van der Waals surface area contributed by atoms with Crippen molar-refractivity contribution in [1.82, 2.24) is 4.31 Å². The van der Waals surface area contributed by atoms with Gasteiger partial charge in [0.15, 0.2) is 0 Å². The van der Waals surface area contributed by atoms with Crippen LogP contribution in [0.1, 0.15) is 32.6 Å². The van der Waals surface area contributed by atoms with Gasteiger partial charge < -0.3 is 10.1 Å². The van der Waals surface area contributed by atoms with E-state index >= 15 is 0 Å². The molecule has 1 aliphatic heterocycles. The summed E-state index contributed by atoms with van der Waals surface area (Å²) in [5, 5.41) is 14.8. The van der Waals surface area contributed by atoms with Gasteiger partial charge in [-0.1, -0.05) is 19.8 Å². The first-order valence-corrected chi connectivity index (χ1v) is 10.5. The minimum Gasteiger partial charge on any atom is -0.379 e. The largest absolute Gasteiger partial charge is 0.379 e. The maximum absolute atomic E-state index is 12.7. The minimum atomic E-state index is -3.76. The van der Waals surface area contributed by atoms with Gasteiger partial charge in [0.05, 0.1) is 23.0 Å². The number of nitro groups is 1. The summed E-state index contributed by atoms with van der Waals surface area (Å²) in [5.41, 5.74) is 0.187. The number of anilines is 1. The lowest BCUT2D eigenvalue weighted by molar-refractivity contribution is -0.384. The molecular formula is C17H25N3O5S. The fourth-order valence-electron chi connectivity index (χ4n) is 3.61. The van der Waals surface area contributed by atoms with Crippen molar-refractivity contribution >= 4 is 21.4 Å². The molecule has 2 aliphatic rings. The van der Waals surface area contributed by atoms with Crippen LogP contribution in [0.5, 0.6) is 0 Å². The Kier molecular flexibility index (Phi) is 5.79. The van der Waals surface area contributed by atoms with Gasteiger partial charge in [0.1, 0.15) is 5.69 Å². The Bertz CT molecular complexity index is 762. The average molecular weight is 383 g/mol. The molecule has 144 valence electrons. The second-order valence-electron chi connectivity index (χ2n) is 6.97. The highest BCUT2D eigenvalue weighted by atomic mass is 32.2. The molecule has 1 aliphatic carbocycles. The molecule has 0 spiro atoms. The van der Waals surface area contributed by atoms with Crippen LogP contribution in [0.2, 0.25) is 0 Å². The van der Waals surface area contributed by atoms with Gasteiger partial charge in [-0.25, -0.2) is 8.42 Å². The van der Waals surface area contributed by atoms with E-state index in [1.54, 1.807) is 0 Å². The lowest BCUT2D eigenvalue weighted by Gasteiger charge is -2.30. The van der Waals surface area contributed by atoms with E-state index in [1.165, 1.54) is 28.9 Å². The first-order valence-electron chi connectivity index (χ1n) is 9.02. The van der Waals surface area contributed by atoms with Gasteiger partial charge in [0.25, 0.3) is 5.69 Å². The van der Waals surface area contributed by atoms with Crippen LogP contribution in [0, 0.1) is 16.0 Å². The summed E-state index contributed by atoms with van der Waals surface area (Å²) in [5.74, 6) is 0.431. The predicted octanol–water partition coefficient (Wildman–Crippen LogP) is 2.61. The maximum Gasteiger partial charge on any atom is 0.293 e. The number of morpholine rings is 1. The van der Waals surface area contributed by atoms with Gasteiger partial charge in [-0.05, 0) is 30.9 Å². The van der Waals surface area contributed by atoms with Crippen LogP contribution in [0.3, 0.4) is 0 Å². The normalized spacial score (nSPS) is 25.0. The van der Waals surface area contributed by atoms with Crippen molar-refractivity contribution in [2.75, 3.05) is 31.6 Å². The van der Waals surface area contributed by atoms with Crippen molar-refractivity contribution in [2.45, 2.75) is 43.5 Å². The van der Waals surface area contributed by atoms with Crippen molar-refractivity contribution in [2.24, 2.45) is 5.92 Å². The van der Waals surface area contributed by atoms with E-state index in [4.69, 9.17) is 4.74 Å². The summed E-state index contributed by atoms with van der Waals surface area (Å²) in [7, 11) is -3.76. The summed E-state index contributed by atoms with van der Waals surface area (Å²) >= 11 is 0. The first-order chi connectivity index (χ1) is 12.4. The fraction of sp³-hybridized carbons (Fsp3) is 0.647. The Morgan fingerprint density at radius 1 is 1.23 bits per heavy atom. The quantitative estimate of drug-likeness (QED) is 0.619. The third-order valence-electron chi connectivity index (χ3n) is 5.23. The molecule has 0 radical (unpaired) electrons. The summed E-state index contributed by atoms with van der Waals surface area (Å²) in [6, 6.07) is 4.31. The summed E-state index contributed by atoms with van der Waals surface area (Å²) in [4.78, 5) is 11.0. The monoisotopic (exact) mass is 383 g/mol. The second-order valence-corrected chi connectivity index (χ2v) is 8.90. The van der Waals surface area contributed by atoms with E-state index < -0.39 is 14.9 Å². The molecule has 1 saturated heterocycles. The third kappa shape index (κ3) is 3.99. The molecule has 2 atom stereocenters. The van der Waals surface area contributed by atoms with Crippen LogP contribution in [0.15, 0.2) is 23.1 Å². The van der Waals surface area contributed by atoms with Crippen LogP contribution in [-0.2, 0) is 14.8 Å². The van der Waals surface area contributed by atoms with Crippen LogP contribution in [0.25, 0.3) is 0 Å². The molecule has 1 N–H and O–H groups in total. The summed E-state index contributed by atoms with van der Waals surface area (Å²) < 4.78 is 32.0.